The van der Waals surface area contributed by atoms with Gasteiger partial charge in [-0.15, -0.1) is 0 Å². The van der Waals surface area contributed by atoms with Gasteiger partial charge in [-0.05, 0) is 31.6 Å². The number of aryl methyl sites for hydroxylation is 1. The molecule has 1 aliphatic rings. The predicted molar refractivity (Wildman–Crippen MR) is 91.9 cm³/mol. The van der Waals surface area contributed by atoms with E-state index in [0.29, 0.717) is 0 Å². The third-order valence-electron chi connectivity index (χ3n) is 4.28. The number of benzene rings is 1. The molecule has 0 spiro atoms. The fraction of sp³-hybridized carbons (Fsp3) is 0.556. The molecule has 0 radical (unpaired) electrons. The molecule has 1 saturated heterocycles. The summed E-state index contributed by atoms with van der Waals surface area (Å²) in [7, 11) is 0. The van der Waals surface area contributed by atoms with Crippen LogP contribution in [0.4, 0.5) is 0 Å². The molecule has 3 rings (SSSR count). The minimum Gasteiger partial charge on any atom is -0.492 e. The van der Waals surface area contributed by atoms with E-state index >= 15 is 0 Å². The van der Waals surface area contributed by atoms with E-state index in [1.165, 1.54) is 0 Å². The van der Waals surface area contributed by atoms with Gasteiger partial charge in [-0.25, -0.2) is 0 Å². The Morgan fingerprint density at radius 1 is 1.08 bits per heavy atom. The van der Waals surface area contributed by atoms with Crippen LogP contribution in [-0.2, 0) is 13.0 Å². The number of ether oxygens (including phenoxy) is 1. The number of rotatable bonds is 7. The van der Waals surface area contributed by atoms with Gasteiger partial charge in [-0.3, -0.25) is 9.80 Å². The van der Waals surface area contributed by atoms with E-state index in [0.717, 1.165) is 76.2 Å². The smallest absolute Gasteiger partial charge is 0.226 e. The van der Waals surface area contributed by atoms with Crippen LogP contribution in [0.2, 0.25) is 0 Å². The maximum atomic E-state index is 5.80. The van der Waals surface area contributed by atoms with E-state index in [1.807, 2.05) is 37.3 Å². The predicted octanol–water partition coefficient (Wildman–Crippen LogP) is 2.22. The highest BCUT2D eigenvalue weighted by atomic mass is 16.5. The summed E-state index contributed by atoms with van der Waals surface area (Å²) in [5.74, 6) is 2.46. The van der Waals surface area contributed by atoms with Gasteiger partial charge in [-0.2, -0.15) is 4.98 Å². The maximum absolute atomic E-state index is 5.80. The second-order valence-corrected chi connectivity index (χ2v) is 6.09. The summed E-state index contributed by atoms with van der Waals surface area (Å²) in [6.45, 7) is 8.77. The summed E-state index contributed by atoms with van der Waals surface area (Å²) in [6, 6.07) is 10.0. The lowest BCUT2D eigenvalue weighted by atomic mass is 10.3. The van der Waals surface area contributed by atoms with Crippen molar-refractivity contribution in [3.8, 4) is 5.75 Å². The van der Waals surface area contributed by atoms with Gasteiger partial charge in [0.05, 0.1) is 6.54 Å². The number of nitrogens with zero attached hydrogens (tertiary/aromatic N) is 4. The Morgan fingerprint density at radius 2 is 1.88 bits per heavy atom. The summed E-state index contributed by atoms with van der Waals surface area (Å²) >= 11 is 0. The van der Waals surface area contributed by atoms with E-state index in [2.05, 4.69) is 19.9 Å². The lowest BCUT2D eigenvalue weighted by Gasteiger charge is -2.21. The van der Waals surface area contributed by atoms with E-state index in [-0.39, 0.29) is 0 Å². The van der Waals surface area contributed by atoms with Crippen molar-refractivity contribution < 1.29 is 9.26 Å². The van der Waals surface area contributed by atoms with Crippen molar-refractivity contribution in [3.05, 3.63) is 42.0 Å². The van der Waals surface area contributed by atoms with Gasteiger partial charge < -0.3 is 9.26 Å². The first-order valence-corrected chi connectivity index (χ1v) is 8.77. The SMILES string of the molecule is CCc1nc(CN2CCCN(CCOc3ccccc3)CC2)no1. The Bertz CT molecular complexity index is 602. The van der Waals surface area contributed by atoms with Crippen molar-refractivity contribution >= 4 is 0 Å². The van der Waals surface area contributed by atoms with Gasteiger partial charge in [0.25, 0.3) is 0 Å². The third-order valence-corrected chi connectivity index (χ3v) is 4.28. The van der Waals surface area contributed by atoms with Crippen molar-refractivity contribution in [2.45, 2.75) is 26.3 Å². The lowest BCUT2D eigenvalue weighted by molar-refractivity contribution is 0.206. The van der Waals surface area contributed by atoms with Gasteiger partial charge in [-0.1, -0.05) is 30.3 Å². The molecule has 6 heteroatoms. The molecule has 24 heavy (non-hydrogen) atoms. The molecule has 1 fully saturated rings. The number of hydrogen-bond donors (Lipinski definition) is 0. The van der Waals surface area contributed by atoms with Crippen molar-refractivity contribution in [2.24, 2.45) is 0 Å². The zero-order valence-electron chi connectivity index (χ0n) is 14.4. The quantitative estimate of drug-likeness (QED) is 0.776. The monoisotopic (exact) mass is 330 g/mol. The molecule has 1 aromatic heterocycles. The van der Waals surface area contributed by atoms with Crippen LogP contribution in [0.15, 0.2) is 34.9 Å². The minimum atomic E-state index is 0.722. The number of hydrogen-bond acceptors (Lipinski definition) is 6. The van der Waals surface area contributed by atoms with Crippen LogP contribution in [-0.4, -0.2) is 59.3 Å². The molecule has 0 saturated carbocycles. The summed E-state index contributed by atoms with van der Waals surface area (Å²) in [5, 5.41) is 4.05. The molecule has 2 heterocycles. The molecule has 0 aliphatic carbocycles. The Kier molecular flexibility index (Phi) is 6.20. The molecule has 6 nitrogen and oxygen atoms in total. The zero-order chi connectivity index (χ0) is 16.6. The normalized spacial score (nSPS) is 16.9. The molecule has 130 valence electrons. The molecule has 2 aromatic rings. The summed E-state index contributed by atoms with van der Waals surface area (Å²) < 4.78 is 11.0. The fourth-order valence-electron chi connectivity index (χ4n) is 2.91. The van der Waals surface area contributed by atoms with Gasteiger partial charge >= 0.3 is 0 Å². The zero-order valence-corrected chi connectivity index (χ0v) is 14.4. The van der Waals surface area contributed by atoms with Crippen LogP contribution >= 0.6 is 0 Å². The molecule has 0 bridgehead atoms. The molecule has 0 unspecified atom stereocenters. The Labute approximate surface area is 143 Å². The van der Waals surface area contributed by atoms with Crippen LogP contribution < -0.4 is 4.74 Å². The van der Waals surface area contributed by atoms with Crippen molar-refractivity contribution in [3.63, 3.8) is 0 Å². The first-order chi connectivity index (χ1) is 11.8. The summed E-state index contributed by atoms with van der Waals surface area (Å²) in [5.41, 5.74) is 0. The number of aromatic nitrogens is 2. The van der Waals surface area contributed by atoms with Crippen LogP contribution in [0.5, 0.6) is 5.75 Å². The minimum absolute atomic E-state index is 0.722. The largest absolute Gasteiger partial charge is 0.492 e. The molecule has 0 N–H and O–H groups in total. The molecule has 1 aliphatic heterocycles. The second kappa shape index (κ2) is 8.80. The van der Waals surface area contributed by atoms with Gasteiger partial charge in [0.2, 0.25) is 5.89 Å². The van der Waals surface area contributed by atoms with Crippen LogP contribution in [0.1, 0.15) is 25.1 Å². The van der Waals surface area contributed by atoms with Crippen LogP contribution in [0.25, 0.3) is 0 Å². The van der Waals surface area contributed by atoms with Crippen LogP contribution in [0, 0.1) is 0 Å². The molecule has 1 aromatic carbocycles. The average Bonchev–Trinajstić information content (AvgIpc) is 2.95. The van der Waals surface area contributed by atoms with E-state index < -0.39 is 0 Å². The Morgan fingerprint density at radius 3 is 2.67 bits per heavy atom. The molecular weight excluding hydrogens is 304 g/mol. The van der Waals surface area contributed by atoms with E-state index in [9.17, 15) is 0 Å². The van der Waals surface area contributed by atoms with Gasteiger partial charge in [0.15, 0.2) is 5.82 Å². The van der Waals surface area contributed by atoms with Gasteiger partial charge in [0.1, 0.15) is 12.4 Å². The highest BCUT2D eigenvalue weighted by molar-refractivity contribution is 5.20. The second-order valence-electron chi connectivity index (χ2n) is 6.09. The summed E-state index contributed by atoms with van der Waals surface area (Å²) in [6.07, 6.45) is 1.95. The standard InChI is InChI=1S/C18H26N4O2/c1-2-18-19-17(20-24-18)15-22-10-6-9-21(11-12-22)13-14-23-16-7-4-3-5-8-16/h3-5,7-8H,2,6,9-15H2,1H3. The van der Waals surface area contributed by atoms with Crippen LogP contribution in [0.3, 0.4) is 0 Å². The Balaban J connectivity index is 1.40. The van der Waals surface area contributed by atoms with E-state index in [1.54, 1.807) is 0 Å². The molecule has 0 atom stereocenters. The molecular formula is C18H26N4O2. The van der Waals surface area contributed by atoms with Crippen molar-refractivity contribution in [1.29, 1.82) is 0 Å². The van der Waals surface area contributed by atoms with Crippen molar-refractivity contribution in [1.82, 2.24) is 19.9 Å². The fourth-order valence-corrected chi connectivity index (χ4v) is 2.91. The number of para-hydroxylation sites is 1. The van der Waals surface area contributed by atoms with Crippen molar-refractivity contribution in [2.75, 3.05) is 39.3 Å². The van der Waals surface area contributed by atoms with E-state index in [4.69, 9.17) is 9.26 Å². The highest BCUT2D eigenvalue weighted by Crippen LogP contribution is 2.10. The Hall–Kier alpha value is -1.92. The maximum Gasteiger partial charge on any atom is 0.226 e. The lowest BCUT2D eigenvalue weighted by Crippen LogP contribution is -2.33. The first-order valence-electron chi connectivity index (χ1n) is 8.77. The average molecular weight is 330 g/mol. The summed E-state index contributed by atoms with van der Waals surface area (Å²) in [4.78, 5) is 9.28. The van der Waals surface area contributed by atoms with Gasteiger partial charge in [0, 0.05) is 26.1 Å². The molecule has 0 amide bonds. The highest BCUT2D eigenvalue weighted by Gasteiger charge is 2.17. The topological polar surface area (TPSA) is 54.6 Å². The first kappa shape index (κ1) is 16.9. The third kappa shape index (κ3) is 5.04.